The number of sulfonamides is 1. The molecule has 146 valence electrons. The minimum Gasteiger partial charge on any atom is -0.469 e. The standard InChI is InChI=1S/C15H25N5O5S/c1-3-16-15(17-6-4-14(21)24-2)19-7-9-20(10-8-19)26(22,23)12-13-5-11-25-18-13/h5,11H,3-4,6-10,12H2,1-2H3,(H,16,17). The predicted molar refractivity (Wildman–Crippen MR) is 94.9 cm³/mol. The molecule has 0 bridgehead atoms. The number of nitrogens with one attached hydrogen (secondary N) is 1. The third-order valence-electron chi connectivity index (χ3n) is 3.89. The fraction of sp³-hybridized carbons (Fsp3) is 0.667. The molecule has 0 aromatic carbocycles. The number of esters is 1. The smallest absolute Gasteiger partial charge is 0.307 e. The van der Waals surface area contributed by atoms with E-state index in [0.29, 0.717) is 50.9 Å². The number of hydrogen-bond acceptors (Lipinski definition) is 7. The van der Waals surface area contributed by atoms with E-state index in [1.165, 1.54) is 17.7 Å². The molecule has 0 unspecified atom stereocenters. The number of guanidine groups is 1. The van der Waals surface area contributed by atoms with Gasteiger partial charge in [-0.2, -0.15) is 4.31 Å². The van der Waals surface area contributed by atoms with Gasteiger partial charge in [0.05, 0.1) is 25.8 Å². The van der Waals surface area contributed by atoms with Crippen LogP contribution in [-0.2, 0) is 25.3 Å². The molecule has 0 atom stereocenters. The van der Waals surface area contributed by atoms with Crippen LogP contribution in [0.2, 0.25) is 0 Å². The number of methoxy groups -OCH3 is 1. The lowest BCUT2D eigenvalue weighted by Gasteiger charge is -2.35. The molecular weight excluding hydrogens is 362 g/mol. The number of rotatable bonds is 7. The molecule has 1 aromatic heterocycles. The molecule has 1 N–H and O–H groups in total. The molecule has 0 aliphatic carbocycles. The average molecular weight is 387 g/mol. The second kappa shape index (κ2) is 9.53. The lowest BCUT2D eigenvalue weighted by Crippen LogP contribution is -2.54. The van der Waals surface area contributed by atoms with Crippen LogP contribution in [0.1, 0.15) is 19.0 Å². The Bertz CT molecular complexity index is 696. The van der Waals surface area contributed by atoms with Gasteiger partial charge in [-0.1, -0.05) is 5.16 Å². The molecule has 0 saturated carbocycles. The first kappa shape index (κ1) is 20.2. The van der Waals surface area contributed by atoms with Crippen LogP contribution in [0.3, 0.4) is 0 Å². The molecule has 0 spiro atoms. The Kier molecular flexibility index (Phi) is 7.39. The van der Waals surface area contributed by atoms with Crippen LogP contribution in [0.25, 0.3) is 0 Å². The van der Waals surface area contributed by atoms with Gasteiger partial charge >= 0.3 is 5.97 Å². The highest BCUT2D eigenvalue weighted by atomic mass is 32.2. The Morgan fingerprint density at radius 3 is 2.69 bits per heavy atom. The van der Waals surface area contributed by atoms with Gasteiger partial charge in [0, 0.05) is 38.8 Å². The first-order valence-corrected chi connectivity index (χ1v) is 10.0. The number of ether oxygens (including phenoxy) is 1. The van der Waals surface area contributed by atoms with Gasteiger partial charge in [0.2, 0.25) is 10.0 Å². The molecule has 1 aliphatic rings. The van der Waals surface area contributed by atoms with Gasteiger partial charge in [0.1, 0.15) is 12.0 Å². The van der Waals surface area contributed by atoms with E-state index in [1.54, 1.807) is 6.07 Å². The van der Waals surface area contributed by atoms with Crippen molar-refractivity contribution in [3.05, 3.63) is 18.0 Å². The summed E-state index contributed by atoms with van der Waals surface area (Å²) in [7, 11) is -2.09. The maximum absolute atomic E-state index is 12.5. The number of hydrogen-bond donors (Lipinski definition) is 1. The molecule has 1 aromatic rings. The Labute approximate surface area is 153 Å². The zero-order chi connectivity index (χ0) is 19.0. The minimum absolute atomic E-state index is 0.170. The van der Waals surface area contributed by atoms with Gasteiger partial charge in [-0.15, -0.1) is 0 Å². The molecule has 26 heavy (non-hydrogen) atoms. The van der Waals surface area contributed by atoms with E-state index in [1.807, 2.05) is 11.8 Å². The van der Waals surface area contributed by atoms with Crippen molar-refractivity contribution in [3.8, 4) is 0 Å². The van der Waals surface area contributed by atoms with E-state index in [0.717, 1.165) is 0 Å². The summed E-state index contributed by atoms with van der Waals surface area (Å²) >= 11 is 0. The van der Waals surface area contributed by atoms with Crippen molar-refractivity contribution in [1.82, 2.24) is 19.7 Å². The van der Waals surface area contributed by atoms with E-state index >= 15 is 0 Å². The Balaban J connectivity index is 1.91. The number of aromatic nitrogens is 1. The van der Waals surface area contributed by atoms with Gasteiger partial charge in [-0.25, -0.2) is 8.42 Å². The van der Waals surface area contributed by atoms with Crippen molar-refractivity contribution in [2.45, 2.75) is 19.1 Å². The monoisotopic (exact) mass is 387 g/mol. The van der Waals surface area contributed by atoms with Crippen LogP contribution in [0.15, 0.2) is 21.8 Å². The number of nitrogens with zero attached hydrogens (tertiary/aromatic N) is 4. The molecule has 10 nitrogen and oxygen atoms in total. The quantitative estimate of drug-likeness (QED) is 0.383. The summed E-state index contributed by atoms with van der Waals surface area (Å²) in [4.78, 5) is 17.6. The Hall–Kier alpha value is -2.14. The lowest BCUT2D eigenvalue weighted by molar-refractivity contribution is -0.140. The van der Waals surface area contributed by atoms with Crippen molar-refractivity contribution >= 4 is 22.0 Å². The van der Waals surface area contributed by atoms with Crippen LogP contribution in [0, 0.1) is 0 Å². The first-order valence-electron chi connectivity index (χ1n) is 8.43. The molecule has 1 fully saturated rings. The normalized spacial score (nSPS) is 16.5. The fourth-order valence-corrected chi connectivity index (χ4v) is 3.97. The Morgan fingerprint density at radius 2 is 2.12 bits per heavy atom. The van der Waals surface area contributed by atoms with Crippen molar-refractivity contribution in [3.63, 3.8) is 0 Å². The molecular formula is C15H25N5O5S. The summed E-state index contributed by atoms with van der Waals surface area (Å²) in [6.45, 7) is 4.71. The SMILES string of the molecule is CCNC(=NCCC(=O)OC)N1CCN(S(=O)(=O)Cc2ccon2)CC1. The number of carbonyl (C=O) groups is 1. The zero-order valence-electron chi connectivity index (χ0n) is 15.0. The summed E-state index contributed by atoms with van der Waals surface area (Å²) < 4.78 is 35.7. The zero-order valence-corrected chi connectivity index (χ0v) is 15.9. The fourth-order valence-electron chi connectivity index (χ4n) is 2.55. The van der Waals surface area contributed by atoms with Crippen LogP contribution in [-0.4, -0.2) is 81.1 Å². The molecule has 2 rings (SSSR count). The van der Waals surface area contributed by atoms with E-state index in [4.69, 9.17) is 0 Å². The van der Waals surface area contributed by atoms with Gasteiger partial charge < -0.3 is 19.5 Å². The molecule has 2 heterocycles. The molecule has 0 radical (unpaired) electrons. The van der Waals surface area contributed by atoms with E-state index in [-0.39, 0.29) is 18.1 Å². The highest BCUT2D eigenvalue weighted by Gasteiger charge is 2.28. The predicted octanol–water partition coefficient (Wildman–Crippen LogP) is -0.349. The summed E-state index contributed by atoms with van der Waals surface area (Å²) in [5.41, 5.74) is 0.394. The second-order valence-corrected chi connectivity index (χ2v) is 7.66. The van der Waals surface area contributed by atoms with Crippen LogP contribution in [0.4, 0.5) is 0 Å². The maximum atomic E-state index is 12.5. The minimum atomic E-state index is -3.44. The van der Waals surface area contributed by atoms with Crippen molar-refractivity contribution < 1.29 is 22.5 Å². The van der Waals surface area contributed by atoms with Gasteiger partial charge in [0.25, 0.3) is 0 Å². The van der Waals surface area contributed by atoms with E-state index < -0.39 is 10.0 Å². The van der Waals surface area contributed by atoms with Crippen molar-refractivity contribution in [2.75, 3.05) is 46.4 Å². The molecule has 1 aliphatic heterocycles. The number of piperazine rings is 1. The van der Waals surface area contributed by atoms with Gasteiger partial charge in [0.15, 0.2) is 5.96 Å². The van der Waals surface area contributed by atoms with Crippen molar-refractivity contribution in [2.24, 2.45) is 4.99 Å². The lowest BCUT2D eigenvalue weighted by atomic mass is 10.4. The van der Waals surface area contributed by atoms with E-state index in [9.17, 15) is 13.2 Å². The number of aliphatic imine (C=N–C) groups is 1. The molecule has 0 amide bonds. The maximum Gasteiger partial charge on any atom is 0.307 e. The van der Waals surface area contributed by atoms with Gasteiger partial charge in [-0.05, 0) is 6.92 Å². The van der Waals surface area contributed by atoms with E-state index in [2.05, 4.69) is 24.7 Å². The highest BCUT2D eigenvalue weighted by molar-refractivity contribution is 7.88. The summed E-state index contributed by atoms with van der Waals surface area (Å²) in [5.74, 6) is 0.190. The number of carbonyl (C=O) groups excluding carboxylic acids is 1. The highest BCUT2D eigenvalue weighted by Crippen LogP contribution is 2.13. The van der Waals surface area contributed by atoms with Crippen LogP contribution >= 0.6 is 0 Å². The van der Waals surface area contributed by atoms with Gasteiger partial charge in [-0.3, -0.25) is 9.79 Å². The largest absolute Gasteiger partial charge is 0.469 e. The van der Waals surface area contributed by atoms with Crippen LogP contribution < -0.4 is 5.32 Å². The molecule has 1 saturated heterocycles. The third kappa shape index (κ3) is 5.70. The molecule has 11 heteroatoms. The van der Waals surface area contributed by atoms with Crippen molar-refractivity contribution in [1.29, 1.82) is 0 Å². The third-order valence-corrected chi connectivity index (χ3v) is 5.71. The second-order valence-electron chi connectivity index (χ2n) is 5.69. The van der Waals surface area contributed by atoms with Crippen LogP contribution in [0.5, 0.6) is 0 Å². The first-order chi connectivity index (χ1) is 12.5. The topological polar surface area (TPSA) is 117 Å². The summed E-state index contributed by atoms with van der Waals surface area (Å²) in [6.07, 6.45) is 1.56. The average Bonchev–Trinajstić information content (AvgIpc) is 3.13. The summed E-state index contributed by atoms with van der Waals surface area (Å²) in [6, 6.07) is 1.55. The Morgan fingerprint density at radius 1 is 1.38 bits per heavy atom. The summed E-state index contributed by atoms with van der Waals surface area (Å²) in [5, 5.41) is 6.83.